The molecule has 0 saturated carbocycles. The van der Waals surface area contributed by atoms with E-state index in [0.29, 0.717) is 17.3 Å². The molecular formula is C20H21N5O3. The molecule has 0 aliphatic heterocycles. The summed E-state index contributed by atoms with van der Waals surface area (Å²) in [5.74, 6) is 1.47. The highest BCUT2D eigenvalue weighted by Gasteiger charge is 2.23. The van der Waals surface area contributed by atoms with Crippen molar-refractivity contribution >= 4 is 5.91 Å². The number of methoxy groups -OCH3 is 2. The lowest BCUT2D eigenvalue weighted by Crippen LogP contribution is -2.31. The maximum Gasteiger partial charge on any atom is 0.244 e. The average Bonchev–Trinajstić information content (AvgIpc) is 3.35. The fraction of sp³-hybridized carbons (Fsp3) is 0.300. The molecule has 1 aliphatic carbocycles. The first-order valence-electron chi connectivity index (χ1n) is 9.05. The molecule has 1 amide bonds. The normalized spacial score (nSPS) is 15.1. The maximum atomic E-state index is 12.4. The first-order chi connectivity index (χ1) is 13.7. The smallest absolute Gasteiger partial charge is 0.244 e. The van der Waals surface area contributed by atoms with Crippen LogP contribution >= 0.6 is 0 Å². The van der Waals surface area contributed by atoms with Gasteiger partial charge in [0, 0.05) is 5.56 Å². The number of carbonyl (C=O) groups is 1. The third-order valence-electron chi connectivity index (χ3n) is 4.85. The molecule has 4 rings (SSSR count). The van der Waals surface area contributed by atoms with E-state index in [9.17, 15) is 4.79 Å². The van der Waals surface area contributed by atoms with Gasteiger partial charge in [0.2, 0.25) is 11.7 Å². The van der Waals surface area contributed by atoms with Gasteiger partial charge < -0.3 is 14.8 Å². The Morgan fingerprint density at radius 2 is 2.00 bits per heavy atom. The summed E-state index contributed by atoms with van der Waals surface area (Å²) >= 11 is 0. The molecule has 2 aromatic carbocycles. The van der Waals surface area contributed by atoms with E-state index in [1.54, 1.807) is 26.4 Å². The van der Waals surface area contributed by atoms with E-state index in [4.69, 9.17) is 9.47 Å². The van der Waals surface area contributed by atoms with Gasteiger partial charge in [-0.3, -0.25) is 4.79 Å². The van der Waals surface area contributed by atoms with Crippen molar-refractivity contribution in [3.05, 3.63) is 53.6 Å². The SMILES string of the molecule is COc1ccc(-c2nnn(CC(=O)N[C@H]3CCc4ccccc43)n2)cc1OC. The van der Waals surface area contributed by atoms with Gasteiger partial charge in [0.25, 0.3) is 0 Å². The van der Waals surface area contributed by atoms with Crippen molar-refractivity contribution in [3.8, 4) is 22.9 Å². The summed E-state index contributed by atoms with van der Waals surface area (Å²) in [7, 11) is 3.14. The van der Waals surface area contributed by atoms with E-state index in [2.05, 4.69) is 32.9 Å². The predicted octanol–water partition coefficient (Wildman–Crippen LogP) is 2.16. The Labute approximate surface area is 162 Å². The topological polar surface area (TPSA) is 91.2 Å². The average molecular weight is 379 g/mol. The van der Waals surface area contributed by atoms with Crippen LogP contribution in [-0.4, -0.2) is 40.3 Å². The summed E-state index contributed by atoms with van der Waals surface area (Å²) in [6, 6.07) is 13.6. The van der Waals surface area contributed by atoms with Crippen LogP contribution in [0, 0.1) is 0 Å². The molecule has 0 fully saturated rings. The number of amides is 1. The maximum absolute atomic E-state index is 12.4. The summed E-state index contributed by atoms with van der Waals surface area (Å²) in [6.45, 7) is 0.0129. The van der Waals surface area contributed by atoms with E-state index in [1.165, 1.54) is 15.9 Å². The number of fused-ring (bicyclic) bond motifs is 1. The largest absolute Gasteiger partial charge is 0.493 e. The third-order valence-corrected chi connectivity index (χ3v) is 4.85. The highest BCUT2D eigenvalue weighted by atomic mass is 16.5. The van der Waals surface area contributed by atoms with Crippen molar-refractivity contribution in [1.82, 2.24) is 25.5 Å². The second-order valence-corrected chi connectivity index (χ2v) is 6.57. The Hall–Kier alpha value is -3.42. The standard InChI is InChI=1S/C20H21N5O3/c1-27-17-10-8-14(11-18(17)28-2)20-22-24-25(23-20)12-19(26)21-16-9-7-13-5-3-4-6-15(13)16/h3-6,8,10-11,16H,7,9,12H2,1-2H3,(H,21,26)/t16-/m0/s1. The van der Waals surface area contributed by atoms with Gasteiger partial charge in [-0.2, -0.15) is 4.80 Å². The van der Waals surface area contributed by atoms with Crippen molar-refractivity contribution in [1.29, 1.82) is 0 Å². The predicted molar refractivity (Wildman–Crippen MR) is 102 cm³/mol. The van der Waals surface area contributed by atoms with Gasteiger partial charge in [-0.05, 0) is 47.4 Å². The lowest BCUT2D eigenvalue weighted by atomic mass is 10.1. The van der Waals surface area contributed by atoms with Gasteiger partial charge >= 0.3 is 0 Å². The van der Waals surface area contributed by atoms with Gasteiger partial charge in [0.1, 0.15) is 6.54 Å². The number of ether oxygens (including phenoxy) is 2. The summed E-state index contributed by atoms with van der Waals surface area (Å²) in [6.07, 6.45) is 1.89. The molecule has 1 atom stereocenters. The second kappa shape index (κ2) is 7.67. The van der Waals surface area contributed by atoms with E-state index < -0.39 is 0 Å². The summed E-state index contributed by atoms with van der Waals surface area (Å²) in [5, 5.41) is 15.4. The summed E-state index contributed by atoms with van der Waals surface area (Å²) in [5.41, 5.74) is 3.21. The van der Waals surface area contributed by atoms with Crippen LogP contribution in [0.1, 0.15) is 23.6 Å². The van der Waals surface area contributed by atoms with Gasteiger partial charge in [-0.15, -0.1) is 10.2 Å². The van der Waals surface area contributed by atoms with Crippen LogP contribution in [0.15, 0.2) is 42.5 Å². The molecule has 144 valence electrons. The van der Waals surface area contributed by atoms with Crippen LogP contribution in [0.5, 0.6) is 11.5 Å². The molecule has 28 heavy (non-hydrogen) atoms. The number of aromatic nitrogens is 4. The van der Waals surface area contributed by atoms with Gasteiger partial charge in [0.15, 0.2) is 11.5 Å². The highest BCUT2D eigenvalue weighted by molar-refractivity contribution is 5.76. The first kappa shape index (κ1) is 18.0. The first-order valence-corrected chi connectivity index (χ1v) is 9.05. The molecule has 1 heterocycles. The van der Waals surface area contributed by atoms with E-state index >= 15 is 0 Å². The van der Waals surface area contributed by atoms with Crippen molar-refractivity contribution in [3.63, 3.8) is 0 Å². The Balaban J connectivity index is 1.43. The van der Waals surface area contributed by atoms with Crippen molar-refractivity contribution in [2.75, 3.05) is 14.2 Å². The molecule has 8 nitrogen and oxygen atoms in total. The third kappa shape index (κ3) is 3.53. The molecule has 1 N–H and O–H groups in total. The zero-order chi connectivity index (χ0) is 19.5. The Kier molecular flexibility index (Phi) is 4.92. The van der Waals surface area contributed by atoms with E-state index in [1.807, 2.05) is 18.2 Å². The number of aryl methyl sites for hydroxylation is 1. The van der Waals surface area contributed by atoms with Crippen LogP contribution in [0.4, 0.5) is 0 Å². The Morgan fingerprint density at radius 3 is 2.82 bits per heavy atom. The number of nitrogens with one attached hydrogen (secondary N) is 1. The number of carbonyl (C=O) groups excluding carboxylic acids is 1. The van der Waals surface area contributed by atoms with Crippen LogP contribution in [0.25, 0.3) is 11.4 Å². The van der Waals surface area contributed by atoms with Gasteiger partial charge in [-0.1, -0.05) is 24.3 Å². The van der Waals surface area contributed by atoms with Crippen LogP contribution in [-0.2, 0) is 17.8 Å². The molecule has 0 saturated heterocycles. The molecule has 3 aromatic rings. The number of hydrogen-bond donors (Lipinski definition) is 1. The number of hydrogen-bond acceptors (Lipinski definition) is 6. The minimum absolute atomic E-state index is 0.0129. The zero-order valence-corrected chi connectivity index (χ0v) is 15.8. The summed E-state index contributed by atoms with van der Waals surface area (Å²) < 4.78 is 10.5. The fourth-order valence-corrected chi connectivity index (χ4v) is 3.48. The molecule has 0 spiro atoms. The quantitative estimate of drug-likeness (QED) is 0.706. The van der Waals surface area contributed by atoms with Crippen LogP contribution in [0.2, 0.25) is 0 Å². The Bertz CT molecular complexity index is 1000. The lowest BCUT2D eigenvalue weighted by Gasteiger charge is -2.13. The monoisotopic (exact) mass is 379 g/mol. The van der Waals surface area contributed by atoms with Gasteiger partial charge in [-0.25, -0.2) is 0 Å². The highest BCUT2D eigenvalue weighted by Crippen LogP contribution is 2.31. The molecular weight excluding hydrogens is 358 g/mol. The summed E-state index contributed by atoms with van der Waals surface area (Å²) in [4.78, 5) is 13.7. The zero-order valence-electron chi connectivity index (χ0n) is 15.8. The second-order valence-electron chi connectivity index (χ2n) is 6.57. The molecule has 1 aliphatic rings. The van der Waals surface area contributed by atoms with Crippen LogP contribution < -0.4 is 14.8 Å². The van der Waals surface area contributed by atoms with Crippen molar-refractivity contribution < 1.29 is 14.3 Å². The van der Waals surface area contributed by atoms with Crippen molar-refractivity contribution in [2.24, 2.45) is 0 Å². The minimum atomic E-state index is -0.141. The minimum Gasteiger partial charge on any atom is -0.493 e. The van der Waals surface area contributed by atoms with E-state index in [-0.39, 0.29) is 18.5 Å². The Morgan fingerprint density at radius 1 is 1.18 bits per heavy atom. The molecule has 8 heteroatoms. The van der Waals surface area contributed by atoms with Crippen molar-refractivity contribution in [2.45, 2.75) is 25.4 Å². The molecule has 0 unspecified atom stereocenters. The molecule has 0 bridgehead atoms. The number of benzene rings is 2. The van der Waals surface area contributed by atoms with E-state index in [0.717, 1.165) is 18.4 Å². The lowest BCUT2D eigenvalue weighted by molar-refractivity contribution is -0.122. The molecule has 0 radical (unpaired) electrons. The number of tetrazole rings is 1. The number of rotatable bonds is 6. The van der Waals surface area contributed by atoms with Gasteiger partial charge in [0.05, 0.1) is 20.3 Å². The fourth-order valence-electron chi connectivity index (χ4n) is 3.48. The molecule has 1 aromatic heterocycles. The number of nitrogens with zero attached hydrogens (tertiary/aromatic N) is 4. The van der Waals surface area contributed by atoms with Crippen LogP contribution in [0.3, 0.4) is 0 Å².